The molecule has 1 N–H and O–H groups in total. The summed E-state index contributed by atoms with van der Waals surface area (Å²) in [5.41, 5.74) is 1.92. The first-order chi connectivity index (χ1) is 8.22. The molecule has 0 aliphatic carbocycles. The van der Waals surface area contributed by atoms with Crippen molar-refractivity contribution in [1.82, 2.24) is 4.98 Å². The van der Waals surface area contributed by atoms with E-state index in [0.717, 1.165) is 29.3 Å². The standard InChI is InChI=1S/C15H19NO/c1-3-5-11(2)15(17)13-8-7-12-6-4-9-16-14(12)10-13/h4,6-11,15,17H,3,5H2,1-2H3. The van der Waals surface area contributed by atoms with E-state index in [-0.39, 0.29) is 6.10 Å². The Labute approximate surface area is 102 Å². The van der Waals surface area contributed by atoms with E-state index in [1.165, 1.54) is 0 Å². The minimum absolute atomic E-state index is 0.293. The molecular formula is C15H19NO. The molecule has 17 heavy (non-hydrogen) atoms. The zero-order valence-electron chi connectivity index (χ0n) is 10.4. The maximum absolute atomic E-state index is 10.3. The highest BCUT2D eigenvalue weighted by Gasteiger charge is 2.15. The maximum Gasteiger partial charge on any atom is 0.0816 e. The average Bonchev–Trinajstić information content (AvgIpc) is 2.37. The molecule has 2 unspecified atom stereocenters. The molecule has 0 amide bonds. The summed E-state index contributed by atoms with van der Waals surface area (Å²) in [4.78, 5) is 4.32. The largest absolute Gasteiger partial charge is 0.388 e. The number of nitrogens with zero attached hydrogens (tertiary/aromatic N) is 1. The zero-order valence-corrected chi connectivity index (χ0v) is 10.4. The predicted octanol–water partition coefficient (Wildman–Crippen LogP) is 3.70. The van der Waals surface area contributed by atoms with E-state index in [1.54, 1.807) is 6.20 Å². The fraction of sp³-hybridized carbons (Fsp3) is 0.400. The van der Waals surface area contributed by atoms with E-state index < -0.39 is 0 Å². The van der Waals surface area contributed by atoms with Gasteiger partial charge in [-0.2, -0.15) is 0 Å². The van der Waals surface area contributed by atoms with Crippen LogP contribution in [0.15, 0.2) is 36.5 Å². The van der Waals surface area contributed by atoms with E-state index in [0.29, 0.717) is 5.92 Å². The van der Waals surface area contributed by atoms with Crippen molar-refractivity contribution < 1.29 is 5.11 Å². The Morgan fingerprint density at radius 2 is 2.12 bits per heavy atom. The van der Waals surface area contributed by atoms with Crippen LogP contribution in [-0.4, -0.2) is 10.1 Å². The Morgan fingerprint density at radius 3 is 2.88 bits per heavy atom. The molecule has 0 saturated carbocycles. The van der Waals surface area contributed by atoms with Gasteiger partial charge in [0.1, 0.15) is 0 Å². The highest BCUT2D eigenvalue weighted by atomic mass is 16.3. The summed E-state index contributed by atoms with van der Waals surface area (Å²) >= 11 is 0. The van der Waals surface area contributed by atoms with Gasteiger partial charge in [0.2, 0.25) is 0 Å². The van der Waals surface area contributed by atoms with Crippen molar-refractivity contribution >= 4 is 10.9 Å². The van der Waals surface area contributed by atoms with Gasteiger partial charge in [-0.3, -0.25) is 4.98 Å². The minimum Gasteiger partial charge on any atom is -0.388 e. The molecule has 0 aliphatic rings. The van der Waals surface area contributed by atoms with Crippen LogP contribution in [0.1, 0.15) is 38.4 Å². The fourth-order valence-corrected chi connectivity index (χ4v) is 2.21. The normalized spacial score (nSPS) is 14.8. The maximum atomic E-state index is 10.3. The number of pyridine rings is 1. The lowest BCUT2D eigenvalue weighted by molar-refractivity contribution is 0.112. The van der Waals surface area contributed by atoms with Gasteiger partial charge in [0, 0.05) is 11.6 Å². The van der Waals surface area contributed by atoms with Crippen LogP contribution in [0.5, 0.6) is 0 Å². The van der Waals surface area contributed by atoms with E-state index in [9.17, 15) is 5.11 Å². The van der Waals surface area contributed by atoms with Crippen molar-refractivity contribution in [2.45, 2.75) is 32.8 Å². The molecule has 90 valence electrons. The van der Waals surface area contributed by atoms with Crippen LogP contribution < -0.4 is 0 Å². The number of aliphatic hydroxyl groups excluding tert-OH is 1. The van der Waals surface area contributed by atoms with Crippen LogP contribution in [-0.2, 0) is 0 Å². The molecule has 0 aliphatic heterocycles. The highest BCUT2D eigenvalue weighted by molar-refractivity contribution is 5.78. The highest BCUT2D eigenvalue weighted by Crippen LogP contribution is 2.27. The Morgan fingerprint density at radius 1 is 1.29 bits per heavy atom. The molecule has 0 saturated heterocycles. The molecule has 2 atom stereocenters. The summed E-state index contributed by atoms with van der Waals surface area (Å²) in [5, 5.41) is 11.4. The van der Waals surface area contributed by atoms with Crippen LogP contribution in [0, 0.1) is 5.92 Å². The summed E-state index contributed by atoms with van der Waals surface area (Å²) in [6.07, 6.45) is 3.54. The molecule has 1 aromatic heterocycles. The molecular weight excluding hydrogens is 210 g/mol. The summed E-state index contributed by atoms with van der Waals surface area (Å²) in [6.45, 7) is 4.24. The topological polar surface area (TPSA) is 33.1 Å². The van der Waals surface area contributed by atoms with E-state index in [1.807, 2.05) is 30.3 Å². The second-order valence-electron chi connectivity index (χ2n) is 4.67. The Balaban J connectivity index is 2.29. The van der Waals surface area contributed by atoms with Crippen molar-refractivity contribution in [3.63, 3.8) is 0 Å². The predicted molar refractivity (Wildman–Crippen MR) is 70.8 cm³/mol. The summed E-state index contributed by atoms with van der Waals surface area (Å²) in [6, 6.07) is 9.98. The second kappa shape index (κ2) is 5.28. The van der Waals surface area contributed by atoms with Crippen LogP contribution in [0.4, 0.5) is 0 Å². The van der Waals surface area contributed by atoms with Crippen molar-refractivity contribution in [2.75, 3.05) is 0 Å². The first-order valence-corrected chi connectivity index (χ1v) is 6.25. The molecule has 0 fully saturated rings. The zero-order chi connectivity index (χ0) is 12.3. The third-order valence-corrected chi connectivity index (χ3v) is 3.25. The lowest BCUT2D eigenvalue weighted by Crippen LogP contribution is -2.08. The number of fused-ring (bicyclic) bond motifs is 1. The number of hydrogen-bond acceptors (Lipinski definition) is 2. The van der Waals surface area contributed by atoms with Crippen LogP contribution in [0.25, 0.3) is 10.9 Å². The number of aliphatic hydroxyl groups is 1. The third kappa shape index (κ3) is 2.64. The number of rotatable bonds is 4. The molecule has 0 spiro atoms. The summed E-state index contributed by atoms with van der Waals surface area (Å²) in [5.74, 6) is 0.293. The Kier molecular flexibility index (Phi) is 3.75. The number of hydrogen-bond donors (Lipinski definition) is 1. The number of benzene rings is 1. The lowest BCUT2D eigenvalue weighted by Gasteiger charge is -2.18. The van der Waals surface area contributed by atoms with Gasteiger partial charge in [0.25, 0.3) is 0 Å². The fourth-order valence-electron chi connectivity index (χ4n) is 2.21. The van der Waals surface area contributed by atoms with E-state index in [4.69, 9.17) is 0 Å². The molecule has 0 bridgehead atoms. The molecule has 2 heteroatoms. The average molecular weight is 229 g/mol. The van der Waals surface area contributed by atoms with Crippen LogP contribution >= 0.6 is 0 Å². The summed E-state index contributed by atoms with van der Waals surface area (Å²) < 4.78 is 0. The molecule has 0 radical (unpaired) electrons. The van der Waals surface area contributed by atoms with Gasteiger partial charge in [0.15, 0.2) is 0 Å². The molecule has 2 aromatic rings. The second-order valence-corrected chi connectivity index (χ2v) is 4.67. The third-order valence-electron chi connectivity index (χ3n) is 3.25. The number of aromatic nitrogens is 1. The van der Waals surface area contributed by atoms with Gasteiger partial charge in [-0.1, -0.05) is 38.5 Å². The first-order valence-electron chi connectivity index (χ1n) is 6.25. The molecule has 2 rings (SSSR count). The van der Waals surface area contributed by atoms with Crippen LogP contribution in [0.3, 0.4) is 0 Å². The van der Waals surface area contributed by atoms with Crippen molar-refractivity contribution in [1.29, 1.82) is 0 Å². The Bertz CT molecular complexity index is 495. The summed E-state index contributed by atoms with van der Waals surface area (Å²) in [7, 11) is 0. The molecule has 2 nitrogen and oxygen atoms in total. The molecule has 1 heterocycles. The SMILES string of the molecule is CCCC(C)C(O)c1ccc2cccnc2c1. The van der Waals surface area contributed by atoms with Crippen molar-refractivity contribution in [3.8, 4) is 0 Å². The van der Waals surface area contributed by atoms with Gasteiger partial charge in [0.05, 0.1) is 11.6 Å². The van der Waals surface area contributed by atoms with Crippen LogP contribution in [0.2, 0.25) is 0 Å². The smallest absolute Gasteiger partial charge is 0.0816 e. The Hall–Kier alpha value is -1.41. The quantitative estimate of drug-likeness (QED) is 0.867. The van der Waals surface area contributed by atoms with Gasteiger partial charge in [-0.25, -0.2) is 0 Å². The monoisotopic (exact) mass is 229 g/mol. The van der Waals surface area contributed by atoms with Gasteiger partial charge < -0.3 is 5.11 Å². The van der Waals surface area contributed by atoms with E-state index >= 15 is 0 Å². The van der Waals surface area contributed by atoms with Crippen molar-refractivity contribution in [3.05, 3.63) is 42.1 Å². The van der Waals surface area contributed by atoms with Gasteiger partial charge in [-0.05, 0) is 30.0 Å². The van der Waals surface area contributed by atoms with Gasteiger partial charge >= 0.3 is 0 Å². The molecule has 1 aromatic carbocycles. The van der Waals surface area contributed by atoms with Gasteiger partial charge in [-0.15, -0.1) is 0 Å². The minimum atomic E-state index is -0.388. The van der Waals surface area contributed by atoms with Crippen molar-refractivity contribution in [2.24, 2.45) is 5.92 Å². The first kappa shape index (κ1) is 12.1. The lowest BCUT2D eigenvalue weighted by atomic mass is 9.93. The van der Waals surface area contributed by atoms with E-state index in [2.05, 4.69) is 18.8 Å².